The van der Waals surface area contributed by atoms with Crippen molar-refractivity contribution >= 4 is 57.0 Å². The molecule has 0 radical (unpaired) electrons. The van der Waals surface area contributed by atoms with Crippen LogP contribution >= 0.6 is 46.1 Å². The van der Waals surface area contributed by atoms with Crippen LogP contribution in [0.3, 0.4) is 0 Å². The lowest BCUT2D eigenvalue weighted by Gasteiger charge is -2.03. The molecule has 0 amide bonds. The zero-order chi connectivity index (χ0) is 12.7. The number of thiophene rings is 1. The highest BCUT2D eigenvalue weighted by atomic mass is 35.5. The van der Waals surface area contributed by atoms with E-state index in [0.29, 0.717) is 25.2 Å². The van der Waals surface area contributed by atoms with Gasteiger partial charge in [-0.25, -0.2) is 9.97 Å². The monoisotopic (exact) mass is 314 g/mol. The molecule has 0 fully saturated rings. The van der Waals surface area contributed by atoms with Gasteiger partial charge < -0.3 is 0 Å². The van der Waals surface area contributed by atoms with E-state index in [9.17, 15) is 0 Å². The molecule has 1 aromatic carbocycles. The van der Waals surface area contributed by atoms with E-state index in [1.165, 1.54) is 11.3 Å². The number of halogens is 3. The molecule has 2 aromatic heterocycles. The highest BCUT2D eigenvalue weighted by Crippen LogP contribution is 2.37. The summed E-state index contributed by atoms with van der Waals surface area (Å²) in [5.41, 5.74) is 1.49. The number of rotatable bonds is 1. The van der Waals surface area contributed by atoms with Gasteiger partial charge in [-0.2, -0.15) is 0 Å². The van der Waals surface area contributed by atoms with Crippen molar-refractivity contribution in [3.63, 3.8) is 0 Å². The predicted molar refractivity (Wildman–Crippen MR) is 77.9 cm³/mol. The predicted octanol–water partition coefficient (Wildman–Crippen LogP) is 5.32. The van der Waals surface area contributed by atoms with E-state index in [-0.39, 0.29) is 0 Å². The molecule has 0 aliphatic rings. The average molecular weight is 316 g/mol. The molecule has 2 heterocycles. The first kappa shape index (κ1) is 12.2. The number of nitrogens with zero attached hydrogens (tertiary/aromatic N) is 2. The molecule has 18 heavy (non-hydrogen) atoms. The Labute approximate surface area is 122 Å². The van der Waals surface area contributed by atoms with Crippen molar-refractivity contribution in [3.8, 4) is 11.4 Å². The molecule has 0 aliphatic carbocycles. The lowest BCUT2D eigenvalue weighted by Crippen LogP contribution is -1.90. The molecule has 3 rings (SSSR count). The molecule has 0 aliphatic heterocycles. The first-order valence-corrected chi connectivity index (χ1v) is 6.97. The molecule has 0 unspecified atom stereocenters. The van der Waals surface area contributed by atoms with Crippen molar-refractivity contribution in [1.82, 2.24) is 9.97 Å². The van der Waals surface area contributed by atoms with Crippen molar-refractivity contribution in [2.45, 2.75) is 0 Å². The van der Waals surface area contributed by atoms with Crippen molar-refractivity contribution < 1.29 is 0 Å². The second kappa shape index (κ2) is 4.67. The molecule has 0 bridgehead atoms. The summed E-state index contributed by atoms with van der Waals surface area (Å²) in [6.07, 6.45) is 0. The largest absolute Gasteiger partial charge is 0.228 e. The first-order chi connectivity index (χ1) is 8.65. The van der Waals surface area contributed by atoms with Crippen LogP contribution < -0.4 is 0 Å². The SMILES string of the molecule is Clc1cc(-c2nc(Cl)c3ccccc3n2)c(Cl)s1. The zero-order valence-electron chi connectivity index (χ0n) is 8.82. The van der Waals surface area contributed by atoms with Gasteiger partial charge in [0.1, 0.15) is 9.49 Å². The van der Waals surface area contributed by atoms with Gasteiger partial charge in [-0.3, -0.25) is 0 Å². The molecule has 2 nitrogen and oxygen atoms in total. The molecule has 0 saturated carbocycles. The fourth-order valence-electron chi connectivity index (χ4n) is 1.65. The summed E-state index contributed by atoms with van der Waals surface area (Å²) in [4.78, 5) is 8.71. The second-order valence-electron chi connectivity index (χ2n) is 3.59. The van der Waals surface area contributed by atoms with E-state index < -0.39 is 0 Å². The van der Waals surface area contributed by atoms with Crippen LogP contribution in [0.25, 0.3) is 22.3 Å². The quantitative estimate of drug-likeness (QED) is 0.568. The third kappa shape index (κ3) is 2.08. The van der Waals surface area contributed by atoms with Gasteiger partial charge >= 0.3 is 0 Å². The maximum atomic E-state index is 6.15. The van der Waals surface area contributed by atoms with Crippen LogP contribution in [0.15, 0.2) is 30.3 Å². The average Bonchev–Trinajstić information content (AvgIpc) is 2.68. The Kier molecular flexibility index (Phi) is 3.16. The first-order valence-electron chi connectivity index (χ1n) is 5.02. The number of fused-ring (bicyclic) bond motifs is 1. The lowest BCUT2D eigenvalue weighted by atomic mass is 10.2. The maximum Gasteiger partial charge on any atom is 0.163 e. The van der Waals surface area contributed by atoms with Gasteiger partial charge in [0.15, 0.2) is 5.82 Å². The number of benzene rings is 1. The topological polar surface area (TPSA) is 25.8 Å². The molecule has 0 spiro atoms. The number of hydrogen-bond donors (Lipinski definition) is 0. The maximum absolute atomic E-state index is 6.15. The van der Waals surface area contributed by atoms with Crippen LogP contribution in [0.2, 0.25) is 13.8 Å². The van der Waals surface area contributed by atoms with E-state index in [4.69, 9.17) is 34.8 Å². The molecule has 0 N–H and O–H groups in total. The normalized spacial score (nSPS) is 11.1. The van der Waals surface area contributed by atoms with Gasteiger partial charge in [0.25, 0.3) is 0 Å². The van der Waals surface area contributed by atoms with Gasteiger partial charge in [-0.15, -0.1) is 11.3 Å². The summed E-state index contributed by atoms with van der Waals surface area (Å²) in [6, 6.07) is 9.30. The Hall–Kier alpha value is -0.870. The molecule has 3 aromatic rings. The van der Waals surface area contributed by atoms with Crippen molar-refractivity contribution in [2.24, 2.45) is 0 Å². The van der Waals surface area contributed by atoms with Crippen LogP contribution in [-0.2, 0) is 0 Å². The van der Waals surface area contributed by atoms with E-state index in [2.05, 4.69) is 9.97 Å². The molecule has 90 valence electrons. The Morgan fingerprint density at radius 2 is 1.78 bits per heavy atom. The fourth-order valence-corrected chi connectivity index (χ4v) is 3.35. The molecule has 0 atom stereocenters. The van der Waals surface area contributed by atoms with Crippen molar-refractivity contribution in [1.29, 1.82) is 0 Å². The number of para-hydroxylation sites is 1. The third-order valence-electron chi connectivity index (χ3n) is 2.45. The van der Waals surface area contributed by atoms with E-state index >= 15 is 0 Å². The highest BCUT2D eigenvalue weighted by molar-refractivity contribution is 7.20. The Morgan fingerprint density at radius 1 is 1.00 bits per heavy atom. The Morgan fingerprint density at radius 3 is 2.50 bits per heavy atom. The minimum atomic E-state index is 0.411. The number of hydrogen-bond acceptors (Lipinski definition) is 3. The minimum absolute atomic E-state index is 0.411. The second-order valence-corrected chi connectivity index (χ2v) is 6.24. The van der Waals surface area contributed by atoms with E-state index in [1.54, 1.807) is 6.07 Å². The van der Waals surface area contributed by atoms with Crippen molar-refractivity contribution in [3.05, 3.63) is 44.2 Å². The molecule has 6 heteroatoms. The van der Waals surface area contributed by atoms with Crippen molar-refractivity contribution in [2.75, 3.05) is 0 Å². The van der Waals surface area contributed by atoms with Gasteiger partial charge in [0.2, 0.25) is 0 Å². The summed E-state index contributed by atoms with van der Waals surface area (Å²) in [7, 11) is 0. The van der Waals surface area contributed by atoms with Crippen LogP contribution in [0.4, 0.5) is 0 Å². The smallest absolute Gasteiger partial charge is 0.163 e. The third-order valence-corrected chi connectivity index (χ3v) is 4.23. The summed E-state index contributed by atoms with van der Waals surface area (Å²) in [5.74, 6) is 0.492. The van der Waals surface area contributed by atoms with Gasteiger partial charge in [0.05, 0.1) is 15.4 Å². The van der Waals surface area contributed by atoms with Crippen LogP contribution in [0, 0.1) is 0 Å². The Balaban J connectivity index is 2.27. The Bertz CT molecular complexity index is 739. The molecular weight excluding hydrogens is 311 g/mol. The van der Waals surface area contributed by atoms with Crippen LogP contribution in [-0.4, -0.2) is 9.97 Å². The standard InChI is InChI=1S/C12H5Cl3N2S/c13-9-5-7(11(15)18-9)12-16-8-4-2-1-3-6(8)10(14)17-12/h1-5H. The highest BCUT2D eigenvalue weighted by Gasteiger charge is 2.13. The van der Waals surface area contributed by atoms with Crippen LogP contribution in [0.1, 0.15) is 0 Å². The summed E-state index contributed by atoms with van der Waals surface area (Å²) in [6.45, 7) is 0. The zero-order valence-corrected chi connectivity index (χ0v) is 11.9. The summed E-state index contributed by atoms with van der Waals surface area (Å²) in [5, 5.41) is 1.23. The molecule has 0 saturated heterocycles. The number of aromatic nitrogens is 2. The van der Waals surface area contributed by atoms with Crippen LogP contribution in [0.5, 0.6) is 0 Å². The van der Waals surface area contributed by atoms with E-state index in [1.807, 2.05) is 24.3 Å². The van der Waals surface area contributed by atoms with Gasteiger partial charge in [0, 0.05) is 5.39 Å². The van der Waals surface area contributed by atoms with Gasteiger partial charge in [-0.05, 0) is 18.2 Å². The van der Waals surface area contributed by atoms with Gasteiger partial charge in [-0.1, -0.05) is 46.9 Å². The summed E-state index contributed by atoms with van der Waals surface area (Å²) >= 11 is 19.4. The van der Waals surface area contributed by atoms with E-state index in [0.717, 1.165) is 10.9 Å². The lowest BCUT2D eigenvalue weighted by molar-refractivity contribution is 1.23. The summed E-state index contributed by atoms with van der Waals surface area (Å²) < 4.78 is 1.16. The fraction of sp³-hybridized carbons (Fsp3) is 0. The molecular formula is C12H5Cl3N2S. The minimum Gasteiger partial charge on any atom is -0.228 e.